The van der Waals surface area contributed by atoms with Crippen LogP contribution in [0.2, 0.25) is 5.02 Å². The first-order chi connectivity index (χ1) is 11.9. The lowest BCUT2D eigenvalue weighted by atomic mass is 10.2. The van der Waals surface area contributed by atoms with E-state index in [0.717, 1.165) is 0 Å². The fourth-order valence-electron chi connectivity index (χ4n) is 2.06. The van der Waals surface area contributed by atoms with E-state index in [-0.39, 0.29) is 11.6 Å². The number of aromatic nitrogens is 1. The molecule has 0 unspecified atom stereocenters. The molecule has 1 aromatic heterocycles. The highest BCUT2D eigenvalue weighted by atomic mass is 35.5. The summed E-state index contributed by atoms with van der Waals surface area (Å²) in [7, 11) is 1.50. The highest BCUT2D eigenvalue weighted by Gasteiger charge is 2.14. The predicted molar refractivity (Wildman–Crippen MR) is 97.4 cm³/mol. The van der Waals surface area contributed by atoms with Gasteiger partial charge in [0.2, 0.25) is 0 Å². The van der Waals surface area contributed by atoms with Crippen molar-refractivity contribution in [2.24, 2.45) is 5.92 Å². The number of halogens is 1. The number of nitrogens with zero attached hydrogens (tertiary/aromatic N) is 1. The van der Waals surface area contributed by atoms with E-state index in [9.17, 15) is 9.59 Å². The molecular weight excluding hydrogens is 342 g/mol. The zero-order chi connectivity index (χ0) is 18.4. The first-order valence-corrected chi connectivity index (χ1v) is 8.17. The summed E-state index contributed by atoms with van der Waals surface area (Å²) in [4.78, 5) is 28.6. The number of methoxy groups -OCH3 is 1. The van der Waals surface area contributed by atoms with Crippen molar-refractivity contribution >= 4 is 29.1 Å². The maximum Gasteiger partial charge on any atom is 0.274 e. The second-order valence-corrected chi connectivity index (χ2v) is 6.27. The Labute approximate surface area is 151 Å². The number of hydrogen-bond acceptors (Lipinski definition) is 4. The summed E-state index contributed by atoms with van der Waals surface area (Å²) >= 11 is 5.95. The number of anilines is 1. The van der Waals surface area contributed by atoms with Crippen molar-refractivity contribution < 1.29 is 14.3 Å². The highest BCUT2D eigenvalue weighted by Crippen LogP contribution is 2.28. The summed E-state index contributed by atoms with van der Waals surface area (Å²) in [5.41, 5.74) is 0.926. The maximum absolute atomic E-state index is 12.4. The first-order valence-electron chi connectivity index (χ1n) is 7.80. The number of carbonyl (C=O) groups excluding carboxylic acids is 2. The van der Waals surface area contributed by atoms with Crippen LogP contribution < -0.4 is 15.4 Å². The smallest absolute Gasteiger partial charge is 0.274 e. The molecule has 0 aliphatic rings. The fraction of sp³-hybridized carbons (Fsp3) is 0.278. The molecule has 0 saturated carbocycles. The third-order valence-corrected chi connectivity index (χ3v) is 3.57. The van der Waals surface area contributed by atoms with Gasteiger partial charge in [-0.2, -0.15) is 0 Å². The average Bonchev–Trinajstić information content (AvgIpc) is 2.60. The summed E-state index contributed by atoms with van der Waals surface area (Å²) in [6, 6.07) is 7.90. The number of ether oxygens (including phenoxy) is 1. The van der Waals surface area contributed by atoms with Crippen molar-refractivity contribution in [2.75, 3.05) is 19.0 Å². The van der Waals surface area contributed by atoms with Gasteiger partial charge in [-0.15, -0.1) is 0 Å². The minimum Gasteiger partial charge on any atom is -0.495 e. The van der Waals surface area contributed by atoms with Gasteiger partial charge in [0.05, 0.1) is 12.8 Å². The fourth-order valence-corrected chi connectivity index (χ4v) is 2.23. The molecule has 1 heterocycles. The van der Waals surface area contributed by atoms with Gasteiger partial charge in [0, 0.05) is 23.3 Å². The Hall–Kier alpha value is -2.60. The highest BCUT2D eigenvalue weighted by molar-refractivity contribution is 6.31. The van der Waals surface area contributed by atoms with Gasteiger partial charge in [-0.05, 0) is 36.2 Å². The lowest BCUT2D eigenvalue weighted by molar-refractivity contribution is 0.0949. The molecule has 0 aliphatic carbocycles. The second kappa shape index (κ2) is 8.48. The standard InChI is InChI=1S/C18H20ClN3O3/c1-11(2)10-21-17(23)12-6-7-20-15(8-12)18(24)22-14-9-13(19)4-5-16(14)25-3/h4-9,11H,10H2,1-3H3,(H,21,23)(H,22,24). The summed E-state index contributed by atoms with van der Waals surface area (Å²) in [6.45, 7) is 4.57. The van der Waals surface area contributed by atoms with Crippen molar-refractivity contribution in [3.63, 3.8) is 0 Å². The van der Waals surface area contributed by atoms with E-state index in [4.69, 9.17) is 16.3 Å². The largest absolute Gasteiger partial charge is 0.495 e. The minimum absolute atomic E-state index is 0.124. The van der Waals surface area contributed by atoms with Crippen LogP contribution in [0.1, 0.15) is 34.7 Å². The van der Waals surface area contributed by atoms with Crippen molar-refractivity contribution in [2.45, 2.75) is 13.8 Å². The molecule has 25 heavy (non-hydrogen) atoms. The van der Waals surface area contributed by atoms with Crippen LogP contribution in [-0.4, -0.2) is 30.5 Å². The van der Waals surface area contributed by atoms with Gasteiger partial charge < -0.3 is 15.4 Å². The number of rotatable bonds is 6. The Balaban J connectivity index is 2.16. The average molecular weight is 362 g/mol. The third kappa shape index (κ3) is 5.19. The van der Waals surface area contributed by atoms with Gasteiger partial charge in [0.15, 0.2) is 0 Å². The maximum atomic E-state index is 12.4. The number of amides is 2. The number of hydrogen-bond donors (Lipinski definition) is 2. The van der Waals surface area contributed by atoms with Gasteiger partial charge in [-0.3, -0.25) is 14.6 Å². The topological polar surface area (TPSA) is 80.3 Å². The van der Waals surface area contributed by atoms with E-state index in [0.29, 0.717) is 34.5 Å². The Morgan fingerprint density at radius 1 is 1.20 bits per heavy atom. The molecule has 0 radical (unpaired) electrons. The molecule has 0 saturated heterocycles. The molecule has 2 aromatic rings. The molecule has 0 spiro atoms. The zero-order valence-corrected chi connectivity index (χ0v) is 15.1. The predicted octanol–water partition coefficient (Wildman–Crippen LogP) is 3.38. The van der Waals surface area contributed by atoms with Crippen LogP contribution in [0.5, 0.6) is 5.75 Å². The summed E-state index contributed by atoms with van der Waals surface area (Å²) in [6.07, 6.45) is 1.43. The molecule has 2 N–H and O–H groups in total. The molecule has 0 bridgehead atoms. The van der Waals surface area contributed by atoms with E-state index < -0.39 is 5.91 Å². The van der Waals surface area contributed by atoms with Gasteiger partial charge in [-0.25, -0.2) is 0 Å². The molecule has 0 atom stereocenters. The molecule has 2 rings (SSSR count). The van der Waals surface area contributed by atoms with E-state index >= 15 is 0 Å². The molecule has 1 aromatic carbocycles. The number of benzene rings is 1. The Kier molecular flexibility index (Phi) is 6.36. The molecular formula is C18H20ClN3O3. The quantitative estimate of drug-likeness (QED) is 0.826. The lowest BCUT2D eigenvalue weighted by Crippen LogP contribution is -2.27. The Bertz CT molecular complexity index is 778. The van der Waals surface area contributed by atoms with Crippen molar-refractivity contribution in [1.29, 1.82) is 0 Å². The van der Waals surface area contributed by atoms with E-state index in [1.807, 2.05) is 13.8 Å². The van der Waals surface area contributed by atoms with E-state index in [1.54, 1.807) is 24.3 Å². The van der Waals surface area contributed by atoms with E-state index in [2.05, 4.69) is 15.6 Å². The van der Waals surface area contributed by atoms with Crippen molar-refractivity contribution in [1.82, 2.24) is 10.3 Å². The van der Waals surface area contributed by atoms with Crippen LogP contribution in [0.4, 0.5) is 5.69 Å². The molecule has 0 aliphatic heterocycles. The van der Waals surface area contributed by atoms with Gasteiger partial charge in [0.1, 0.15) is 11.4 Å². The van der Waals surface area contributed by atoms with Gasteiger partial charge in [0.25, 0.3) is 11.8 Å². The van der Waals surface area contributed by atoms with Crippen LogP contribution in [0.15, 0.2) is 36.5 Å². The normalized spacial score (nSPS) is 10.4. The monoisotopic (exact) mass is 361 g/mol. The zero-order valence-electron chi connectivity index (χ0n) is 14.3. The van der Waals surface area contributed by atoms with Crippen LogP contribution in [0, 0.1) is 5.92 Å². The Morgan fingerprint density at radius 2 is 1.96 bits per heavy atom. The third-order valence-electron chi connectivity index (χ3n) is 3.34. The second-order valence-electron chi connectivity index (χ2n) is 5.83. The summed E-state index contributed by atoms with van der Waals surface area (Å²) in [5, 5.41) is 5.96. The SMILES string of the molecule is COc1ccc(Cl)cc1NC(=O)c1cc(C(=O)NCC(C)C)ccn1. The molecule has 0 fully saturated rings. The van der Waals surface area contributed by atoms with Crippen LogP contribution in [-0.2, 0) is 0 Å². The van der Waals surface area contributed by atoms with Crippen LogP contribution in [0.3, 0.4) is 0 Å². The summed E-state index contributed by atoms with van der Waals surface area (Å²) in [5.74, 6) is 0.108. The molecule has 2 amide bonds. The summed E-state index contributed by atoms with van der Waals surface area (Å²) < 4.78 is 5.20. The van der Waals surface area contributed by atoms with Gasteiger partial charge in [-0.1, -0.05) is 25.4 Å². The number of nitrogens with one attached hydrogen (secondary N) is 2. The van der Waals surface area contributed by atoms with E-state index in [1.165, 1.54) is 19.4 Å². The number of pyridine rings is 1. The molecule has 7 heteroatoms. The van der Waals surface area contributed by atoms with Gasteiger partial charge >= 0.3 is 0 Å². The molecule has 6 nitrogen and oxygen atoms in total. The molecule has 132 valence electrons. The van der Waals surface area contributed by atoms with Crippen LogP contribution >= 0.6 is 11.6 Å². The lowest BCUT2D eigenvalue weighted by Gasteiger charge is -2.11. The Morgan fingerprint density at radius 3 is 2.64 bits per heavy atom. The minimum atomic E-state index is -0.459. The first kappa shape index (κ1) is 18.7. The van der Waals surface area contributed by atoms with Crippen molar-refractivity contribution in [3.8, 4) is 5.75 Å². The number of carbonyl (C=O) groups is 2. The van der Waals surface area contributed by atoms with Crippen LogP contribution in [0.25, 0.3) is 0 Å². The van der Waals surface area contributed by atoms with Crippen molar-refractivity contribution in [3.05, 3.63) is 52.8 Å².